The van der Waals surface area contributed by atoms with Gasteiger partial charge in [0, 0.05) is 12.6 Å². The molecule has 17 heavy (non-hydrogen) atoms. The van der Waals surface area contributed by atoms with Crippen LogP contribution >= 0.6 is 0 Å². The molecule has 1 aromatic rings. The molecule has 1 aromatic carbocycles. The van der Waals surface area contributed by atoms with Crippen molar-refractivity contribution in [2.75, 3.05) is 13.6 Å². The molecule has 2 atom stereocenters. The summed E-state index contributed by atoms with van der Waals surface area (Å²) in [6.07, 6.45) is 4.88. The van der Waals surface area contributed by atoms with Crippen molar-refractivity contribution in [1.29, 1.82) is 0 Å². The summed E-state index contributed by atoms with van der Waals surface area (Å²) in [5.74, 6) is 0. The molecule has 2 nitrogen and oxygen atoms in total. The summed E-state index contributed by atoms with van der Waals surface area (Å²) < 4.78 is 0. The van der Waals surface area contributed by atoms with Gasteiger partial charge in [-0.2, -0.15) is 0 Å². The highest BCUT2D eigenvalue weighted by molar-refractivity contribution is 5.26. The molecule has 0 spiro atoms. The van der Waals surface area contributed by atoms with Gasteiger partial charge in [-0.3, -0.25) is 4.90 Å². The predicted molar refractivity (Wildman–Crippen MR) is 70.8 cm³/mol. The number of nitrogens with zero attached hydrogens (tertiary/aromatic N) is 1. The Morgan fingerprint density at radius 3 is 2.82 bits per heavy atom. The maximum atomic E-state index is 10.9. The van der Waals surface area contributed by atoms with Crippen LogP contribution in [0.25, 0.3) is 0 Å². The fourth-order valence-electron chi connectivity index (χ4n) is 2.95. The summed E-state index contributed by atoms with van der Waals surface area (Å²) >= 11 is 0. The molecule has 1 unspecified atom stereocenters. The summed E-state index contributed by atoms with van der Waals surface area (Å²) in [6.45, 7) is 4.59. The van der Waals surface area contributed by atoms with Gasteiger partial charge in [0.25, 0.3) is 0 Å². The minimum atomic E-state index is -0.695. The van der Waals surface area contributed by atoms with Crippen molar-refractivity contribution in [2.45, 2.75) is 30.9 Å². The van der Waals surface area contributed by atoms with Crippen LogP contribution in [0.15, 0.2) is 43.0 Å². The van der Waals surface area contributed by atoms with E-state index in [2.05, 4.69) is 18.5 Å². The summed E-state index contributed by atoms with van der Waals surface area (Å²) in [6, 6.07) is 10.2. The van der Waals surface area contributed by atoms with Crippen molar-refractivity contribution in [2.24, 2.45) is 0 Å². The second-order valence-electron chi connectivity index (χ2n) is 4.93. The van der Waals surface area contributed by atoms with Crippen LogP contribution in [0.3, 0.4) is 0 Å². The molecule has 1 aliphatic carbocycles. The first-order valence-electron chi connectivity index (χ1n) is 6.27. The first-order chi connectivity index (χ1) is 8.18. The highest BCUT2D eigenvalue weighted by Crippen LogP contribution is 2.41. The number of hydrogen-bond acceptors (Lipinski definition) is 2. The Bertz CT molecular complexity index is 376. The molecular weight excluding hydrogens is 210 g/mol. The normalized spacial score (nSPS) is 28.5. The summed E-state index contributed by atoms with van der Waals surface area (Å²) in [4.78, 5) is 2.20. The molecular formula is C15H21NO. The third-order valence-corrected chi connectivity index (χ3v) is 3.81. The van der Waals surface area contributed by atoms with Gasteiger partial charge in [0.05, 0.1) is 0 Å². The third-order valence-electron chi connectivity index (χ3n) is 3.81. The van der Waals surface area contributed by atoms with Gasteiger partial charge >= 0.3 is 0 Å². The maximum Gasteiger partial charge on any atom is 0.105 e. The van der Waals surface area contributed by atoms with E-state index in [0.29, 0.717) is 0 Å². The van der Waals surface area contributed by atoms with Gasteiger partial charge < -0.3 is 5.11 Å². The van der Waals surface area contributed by atoms with Gasteiger partial charge in [0.15, 0.2) is 0 Å². The minimum absolute atomic E-state index is 0.197. The van der Waals surface area contributed by atoms with Crippen molar-refractivity contribution in [3.8, 4) is 0 Å². The molecule has 0 saturated heterocycles. The molecule has 1 N–H and O–H groups in total. The lowest BCUT2D eigenvalue weighted by Crippen LogP contribution is -2.45. The zero-order valence-electron chi connectivity index (χ0n) is 10.5. The van der Waals surface area contributed by atoms with E-state index < -0.39 is 5.60 Å². The van der Waals surface area contributed by atoms with E-state index in [-0.39, 0.29) is 6.04 Å². The zero-order valence-corrected chi connectivity index (χ0v) is 10.5. The Kier molecular flexibility index (Phi) is 3.65. The lowest BCUT2D eigenvalue weighted by molar-refractivity contribution is -0.0217. The molecule has 2 heteroatoms. The van der Waals surface area contributed by atoms with Crippen LogP contribution in [0, 0.1) is 0 Å². The highest BCUT2D eigenvalue weighted by Gasteiger charge is 2.44. The van der Waals surface area contributed by atoms with Crippen LogP contribution < -0.4 is 0 Å². The maximum absolute atomic E-state index is 10.9. The van der Waals surface area contributed by atoms with Crippen molar-refractivity contribution in [1.82, 2.24) is 4.90 Å². The van der Waals surface area contributed by atoms with Crippen LogP contribution in [0.2, 0.25) is 0 Å². The summed E-state index contributed by atoms with van der Waals surface area (Å²) in [5.41, 5.74) is 0.345. The smallest absolute Gasteiger partial charge is 0.105 e. The number of rotatable bonds is 4. The minimum Gasteiger partial charge on any atom is -0.384 e. The van der Waals surface area contributed by atoms with Crippen molar-refractivity contribution < 1.29 is 5.11 Å². The summed E-state index contributed by atoms with van der Waals surface area (Å²) in [5, 5.41) is 10.9. The lowest BCUT2D eigenvalue weighted by atomic mass is 9.88. The van der Waals surface area contributed by atoms with Crippen LogP contribution in [0.4, 0.5) is 0 Å². The Hall–Kier alpha value is -1.12. The Morgan fingerprint density at radius 2 is 2.18 bits per heavy atom. The second kappa shape index (κ2) is 5.03. The first-order valence-corrected chi connectivity index (χ1v) is 6.27. The van der Waals surface area contributed by atoms with Crippen molar-refractivity contribution in [3.63, 3.8) is 0 Å². The molecule has 0 aliphatic heterocycles. The number of hydrogen-bond donors (Lipinski definition) is 1. The van der Waals surface area contributed by atoms with E-state index in [4.69, 9.17) is 0 Å². The van der Waals surface area contributed by atoms with Crippen LogP contribution in [-0.4, -0.2) is 29.6 Å². The number of likely N-dealkylation sites (N-methyl/N-ethyl adjacent to an activating group) is 1. The molecule has 1 saturated carbocycles. The largest absolute Gasteiger partial charge is 0.384 e. The van der Waals surface area contributed by atoms with Gasteiger partial charge in [-0.25, -0.2) is 0 Å². The van der Waals surface area contributed by atoms with Crippen molar-refractivity contribution in [3.05, 3.63) is 48.6 Å². The van der Waals surface area contributed by atoms with E-state index in [0.717, 1.165) is 31.4 Å². The fraction of sp³-hybridized carbons (Fsp3) is 0.467. The van der Waals surface area contributed by atoms with Crippen molar-refractivity contribution >= 4 is 0 Å². The molecule has 0 radical (unpaired) electrons. The van der Waals surface area contributed by atoms with Crippen LogP contribution in [-0.2, 0) is 5.60 Å². The summed E-state index contributed by atoms with van der Waals surface area (Å²) in [7, 11) is 2.06. The lowest BCUT2D eigenvalue weighted by Gasteiger charge is -2.36. The topological polar surface area (TPSA) is 23.5 Å². The average molecular weight is 231 g/mol. The molecule has 92 valence electrons. The second-order valence-corrected chi connectivity index (χ2v) is 4.93. The van der Waals surface area contributed by atoms with Gasteiger partial charge in [0.1, 0.15) is 5.60 Å². The Labute approximate surface area is 104 Å². The standard InChI is InChI=1S/C15H21NO/c1-3-12-16(2)14-10-7-11-15(14,17)13-8-5-4-6-9-13/h3-6,8-9,14,17H,1,7,10-12H2,2H3/t14-,15?/m1/s1. The molecule has 2 rings (SSSR count). The molecule has 0 amide bonds. The van der Waals surface area contributed by atoms with Crippen LogP contribution in [0.1, 0.15) is 24.8 Å². The average Bonchev–Trinajstić information content (AvgIpc) is 2.74. The van der Waals surface area contributed by atoms with E-state index in [9.17, 15) is 5.11 Å². The molecule has 1 fully saturated rings. The first kappa shape index (κ1) is 12.3. The van der Waals surface area contributed by atoms with Gasteiger partial charge in [0.2, 0.25) is 0 Å². The number of aliphatic hydroxyl groups is 1. The molecule has 0 bridgehead atoms. The zero-order chi connectivity index (χ0) is 12.3. The van der Waals surface area contributed by atoms with E-state index >= 15 is 0 Å². The van der Waals surface area contributed by atoms with E-state index in [1.54, 1.807) is 0 Å². The highest BCUT2D eigenvalue weighted by atomic mass is 16.3. The van der Waals surface area contributed by atoms with Gasteiger partial charge in [-0.15, -0.1) is 6.58 Å². The predicted octanol–water partition coefficient (Wildman–Crippen LogP) is 2.54. The molecule has 0 heterocycles. The SMILES string of the molecule is C=CCN(C)[C@@H]1CCCC1(O)c1ccccc1. The fourth-order valence-corrected chi connectivity index (χ4v) is 2.95. The van der Waals surface area contributed by atoms with Crippen LogP contribution in [0.5, 0.6) is 0 Å². The Morgan fingerprint density at radius 1 is 1.47 bits per heavy atom. The monoisotopic (exact) mass is 231 g/mol. The third kappa shape index (κ3) is 2.28. The number of benzene rings is 1. The quantitative estimate of drug-likeness (QED) is 0.805. The van der Waals surface area contributed by atoms with E-state index in [1.165, 1.54) is 0 Å². The Balaban J connectivity index is 2.26. The van der Waals surface area contributed by atoms with Gasteiger partial charge in [-0.1, -0.05) is 36.4 Å². The van der Waals surface area contributed by atoms with E-state index in [1.807, 2.05) is 36.4 Å². The molecule has 1 aliphatic rings. The molecule has 0 aromatic heterocycles. The van der Waals surface area contributed by atoms with Gasteiger partial charge in [-0.05, 0) is 31.9 Å².